The molecule has 5 heteroatoms. The Kier molecular flexibility index (Phi) is 4.86. The highest BCUT2D eigenvalue weighted by Gasteiger charge is 2.10. The average Bonchev–Trinajstić information content (AvgIpc) is 2.41. The van der Waals surface area contributed by atoms with Crippen LogP contribution in [0.25, 0.3) is 0 Å². The van der Waals surface area contributed by atoms with E-state index < -0.39 is 11.9 Å². The van der Waals surface area contributed by atoms with Crippen LogP contribution in [0.5, 0.6) is 5.75 Å². The van der Waals surface area contributed by atoms with Crippen molar-refractivity contribution in [2.75, 3.05) is 0 Å². The Hall–Kier alpha value is -1.29. The molecule has 0 aliphatic rings. The van der Waals surface area contributed by atoms with E-state index in [0.717, 1.165) is 0 Å². The van der Waals surface area contributed by atoms with Gasteiger partial charge in [0.1, 0.15) is 18.2 Å². The fourth-order valence-electron chi connectivity index (χ4n) is 1.77. The fourth-order valence-corrected chi connectivity index (χ4v) is 2.07. The van der Waals surface area contributed by atoms with Gasteiger partial charge in [-0.05, 0) is 42.8 Å². The molecule has 0 aromatic heterocycles. The summed E-state index contributed by atoms with van der Waals surface area (Å²) in [6, 6.07) is 9.47. The minimum absolute atomic E-state index is 0.0740. The second-order valence-corrected chi connectivity index (χ2v) is 5.24. The predicted octanol–water partition coefficient (Wildman–Crippen LogP) is 4.76. The van der Waals surface area contributed by atoms with Crippen LogP contribution in [0.2, 0.25) is 10.0 Å². The zero-order chi connectivity index (χ0) is 14.7. The number of aliphatic hydroxyl groups is 1. The molecule has 0 aliphatic heterocycles. The van der Waals surface area contributed by atoms with Crippen LogP contribution in [0.15, 0.2) is 36.4 Å². The van der Waals surface area contributed by atoms with Crippen LogP contribution in [0.3, 0.4) is 0 Å². The van der Waals surface area contributed by atoms with E-state index in [1.54, 1.807) is 31.2 Å². The molecule has 0 spiro atoms. The average molecular weight is 315 g/mol. The quantitative estimate of drug-likeness (QED) is 0.881. The third-order valence-electron chi connectivity index (χ3n) is 2.80. The Balaban J connectivity index is 2.16. The van der Waals surface area contributed by atoms with Crippen LogP contribution in [0.1, 0.15) is 24.2 Å². The van der Waals surface area contributed by atoms with E-state index >= 15 is 0 Å². The molecule has 0 radical (unpaired) electrons. The maximum Gasteiger partial charge on any atom is 0.142 e. The molecule has 1 atom stereocenters. The van der Waals surface area contributed by atoms with Gasteiger partial charge in [0.05, 0.1) is 11.1 Å². The van der Waals surface area contributed by atoms with E-state index in [0.29, 0.717) is 21.9 Å². The lowest BCUT2D eigenvalue weighted by atomic mass is 10.1. The Bertz CT molecular complexity index is 615. The zero-order valence-electron chi connectivity index (χ0n) is 10.7. The van der Waals surface area contributed by atoms with E-state index in [1.807, 2.05) is 0 Å². The third kappa shape index (κ3) is 3.63. The zero-order valence-corrected chi connectivity index (χ0v) is 12.2. The highest BCUT2D eigenvalue weighted by Crippen LogP contribution is 2.29. The molecule has 0 aliphatic carbocycles. The number of halogens is 3. The first-order valence-corrected chi connectivity index (χ1v) is 6.77. The number of benzene rings is 2. The maximum absolute atomic E-state index is 13.3. The monoisotopic (exact) mass is 314 g/mol. The van der Waals surface area contributed by atoms with Gasteiger partial charge in [-0.25, -0.2) is 4.39 Å². The van der Waals surface area contributed by atoms with Gasteiger partial charge in [-0.1, -0.05) is 29.3 Å². The lowest BCUT2D eigenvalue weighted by Crippen LogP contribution is -2.01. The highest BCUT2D eigenvalue weighted by molar-refractivity contribution is 6.31. The van der Waals surface area contributed by atoms with Crippen LogP contribution in [0.4, 0.5) is 4.39 Å². The van der Waals surface area contributed by atoms with Gasteiger partial charge in [-0.2, -0.15) is 0 Å². The largest absolute Gasteiger partial charge is 0.489 e. The smallest absolute Gasteiger partial charge is 0.142 e. The summed E-state index contributed by atoms with van der Waals surface area (Å²) in [6.45, 7) is 1.80. The van der Waals surface area contributed by atoms with Crippen molar-refractivity contribution in [3.05, 3.63) is 63.4 Å². The number of rotatable bonds is 4. The third-order valence-corrected chi connectivity index (χ3v) is 3.34. The molecule has 106 valence electrons. The molecule has 0 bridgehead atoms. The summed E-state index contributed by atoms with van der Waals surface area (Å²) < 4.78 is 18.9. The van der Waals surface area contributed by atoms with E-state index in [4.69, 9.17) is 27.9 Å². The van der Waals surface area contributed by atoms with Gasteiger partial charge in [0.15, 0.2) is 0 Å². The molecular weight excluding hydrogens is 302 g/mol. The summed E-state index contributed by atoms with van der Waals surface area (Å²) in [7, 11) is 0. The molecule has 0 unspecified atom stereocenters. The van der Waals surface area contributed by atoms with Gasteiger partial charge >= 0.3 is 0 Å². The number of hydrogen-bond acceptors (Lipinski definition) is 2. The molecule has 2 aromatic rings. The van der Waals surface area contributed by atoms with Gasteiger partial charge in [-0.3, -0.25) is 0 Å². The van der Waals surface area contributed by atoms with Crippen molar-refractivity contribution in [2.45, 2.75) is 19.6 Å². The lowest BCUT2D eigenvalue weighted by Gasteiger charge is -2.14. The first-order chi connectivity index (χ1) is 9.47. The molecule has 0 fully saturated rings. The molecule has 2 aromatic carbocycles. The van der Waals surface area contributed by atoms with Crippen molar-refractivity contribution in [3.63, 3.8) is 0 Å². The molecule has 2 nitrogen and oxygen atoms in total. The Morgan fingerprint density at radius 3 is 2.60 bits per heavy atom. The minimum atomic E-state index is -0.703. The molecular formula is C15H13Cl2FO2. The summed E-state index contributed by atoms with van der Waals surface area (Å²) in [6.07, 6.45) is -0.703. The van der Waals surface area contributed by atoms with Crippen LogP contribution < -0.4 is 4.74 Å². The van der Waals surface area contributed by atoms with Gasteiger partial charge in [0.2, 0.25) is 0 Å². The second-order valence-electron chi connectivity index (χ2n) is 4.40. The van der Waals surface area contributed by atoms with Gasteiger partial charge in [-0.15, -0.1) is 0 Å². The molecule has 0 saturated heterocycles. The van der Waals surface area contributed by atoms with E-state index in [9.17, 15) is 9.50 Å². The van der Waals surface area contributed by atoms with E-state index in [-0.39, 0.29) is 11.6 Å². The highest BCUT2D eigenvalue weighted by atomic mass is 35.5. The summed E-state index contributed by atoms with van der Waals surface area (Å²) in [5.74, 6) is 0.0272. The molecule has 20 heavy (non-hydrogen) atoms. The maximum atomic E-state index is 13.3. The van der Waals surface area contributed by atoms with Crippen molar-refractivity contribution in [3.8, 4) is 5.75 Å². The number of aliphatic hydroxyl groups excluding tert-OH is 1. The van der Waals surface area contributed by atoms with Crippen LogP contribution in [0, 0.1) is 5.82 Å². The summed E-state index contributed by atoms with van der Waals surface area (Å²) in [4.78, 5) is 0. The first kappa shape index (κ1) is 15.1. The molecule has 0 amide bonds. The van der Waals surface area contributed by atoms with Crippen LogP contribution >= 0.6 is 23.2 Å². The molecule has 1 N–H and O–H groups in total. The Morgan fingerprint density at radius 2 is 1.95 bits per heavy atom. The second kappa shape index (κ2) is 6.44. The number of hydrogen-bond donors (Lipinski definition) is 1. The SMILES string of the molecule is C[C@H](O)c1cc(Cl)ccc1OCc1ccc(Cl)c(F)c1. The Morgan fingerprint density at radius 1 is 1.20 bits per heavy atom. The van der Waals surface area contributed by atoms with Crippen molar-refractivity contribution < 1.29 is 14.2 Å². The van der Waals surface area contributed by atoms with Gasteiger partial charge in [0.25, 0.3) is 0 Å². The summed E-state index contributed by atoms with van der Waals surface area (Å²) >= 11 is 11.5. The van der Waals surface area contributed by atoms with Crippen molar-refractivity contribution >= 4 is 23.2 Å². The topological polar surface area (TPSA) is 29.5 Å². The van der Waals surface area contributed by atoms with Crippen molar-refractivity contribution in [1.29, 1.82) is 0 Å². The van der Waals surface area contributed by atoms with E-state index in [2.05, 4.69) is 0 Å². The van der Waals surface area contributed by atoms with Crippen LogP contribution in [-0.2, 0) is 6.61 Å². The normalized spacial score (nSPS) is 12.2. The first-order valence-electron chi connectivity index (χ1n) is 6.01. The standard InChI is InChI=1S/C15H13Cl2FO2/c1-9(19)12-7-11(16)3-5-15(12)20-8-10-2-4-13(17)14(18)6-10/h2-7,9,19H,8H2,1H3/t9-/m0/s1. The summed E-state index contributed by atoms with van der Waals surface area (Å²) in [5, 5.41) is 10.3. The minimum Gasteiger partial charge on any atom is -0.489 e. The van der Waals surface area contributed by atoms with E-state index in [1.165, 1.54) is 12.1 Å². The lowest BCUT2D eigenvalue weighted by molar-refractivity contribution is 0.190. The fraction of sp³-hybridized carbons (Fsp3) is 0.200. The Labute approximate surface area is 126 Å². The molecule has 2 rings (SSSR count). The predicted molar refractivity (Wildman–Crippen MR) is 77.8 cm³/mol. The van der Waals surface area contributed by atoms with Crippen molar-refractivity contribution in [1.82, 2.24) is 0 Å². The van der Waals surface area contributed by atoms with Crippen LogP contribution in [-0.4, -0.2) is 5.11 Å². The molecule has 0 heterocycles. The van der Waals surface area contributed by atoms with Gasteiger partial charge < -0.3 is 9.84 Å². The summed E-state index contributed by atoms with van der Waals surface area (Å²) in [5.41, 5.74) is 1.24. The number of ether oxygens (including phenoxy) is 1. The van der Waals surface area contributed by atoms with Crippen molar-refractivity contribution in [2.24, 2.45) is 0 Å². The van der Waals surface area contributed by atoms with Gasteiger partial charge in [0, 0.05) is 10.6 Å². The molecule has 0 saturated carbocycles.